The second kappa shape index (κ2) is 12.6. The van der Waals surface area contributed by atoms with E-state index in [1.165, 1.54) is 7.11 Å². The third-order valence-corrected chi connectivity index (χ3v) is 5.78. The number of ether oxygens (including phenoxy) is 4. The van der Waals surface area contributed by atoms with E-state index in [0.29, 0.717) is 19.3 Å². The predicted molar refractivity (Wildman–Crippen MR) is 131 cm³/mol. The molecule has 2 amide bonds. The van der Waals surface area contributed by atoms with Gasteiger partial charge in [0.05, 0.1) is 7.11 Å². The van der Waals surface area contributed by atoms with E-state index in [0.717, 1.165) is 5.56 Å². The Morgan fingerprint density at radius 3 is 2.31 bits per heavy atom. The van der Waals surface area contributed by atoms with E-state index in [2.05, 4.69) is 10.6 Å². The Kier molecular flexibility index (Phi) is 10.1. The molecule has 0 aromatic heterocycles. The number of methoxy groups -OCH3 is 1. The fraction of sp³-hybridized carbons (Fsp3) is 0.615. The molecule has 0 aliphatic heterocycles. The minimum atomic E-state index is -1.61. The molecule has 0 heterocycles. The molecule has 36 heavy (non-hydrogen) atoms. The number of hydrogen-bond acceptors (Lipinski definition) is 8. The highest BCUT2D eigenvalue weighted by atomic mass is 16.6. The van der Waals surface area contributed by atoms with Gasteiger partial charge in [0.1, 0.15) is 24.4 Å². The molecule has 0 unspecified atom stereocenters. The van der Waals surface area contributed by atoms with Crippen LogP contribution in [0.3, 0.4) is 0 Å². The second-order valence-corrected chi connectivity index (χ2v) is 10.2. The van der Waals surface area contributed by atoms with Crippen LogP contribution in [0.1, 0.15) is 65.9 Å². The highest BCUT2D eigenvalue weighted by Gasteiger charge is 2.53. The summed E-state index contributed by atoms with van der Waals surface area (Å²) in [5.74, 6) is -1.81. The van der Waals surface area contributed by atoms with Crippen LogP contribution in [0, 0.1) is 5.92 Å². The first-order chi connectivity index (χ1) is 16.9. The lowest BCUT2D eigenvalue weighted by Gasteiger charge is -2.41. The van der Waals surface area contributed by atoms with Crippen LogP contribution in [-0.4, -0.2) is 54.5 Å². The lowest BCUT2D eigenvalue weighted by atomic mass is 9.79. The summed E-state index contributed by atoms with van der Waals surface area (Å²) in [6.07, 6.45) is -0.803. The summed E-state index contributed by atoms with van der Waals surface area (Å²) in [5, 5.41) is 5.17. The zero-order chi connectivity index (χ0) is 26.9. The van der Waals surface area contributed by atoms with Gasteiger partial charge in [-0.25, -0.2) is 19.2 Å². The quantitative estimate of drug-likeness (QED) is 0.402. The molecule has 10 nitrogen and oxygen atoms in total. The zero-order valence-corrected chi connectivity index (χ0v) is 21.9. The van der Waals surface area contributed by atoms with Crippen LogP contribution in [-0.2, 0) is 35.1 Å². The number of esters is 2. The molecule has 3 atom stereocenters. The monoisotopic (exact) mass is 506 g/mol. The predicted octanol–water partition coefficient (Wildman–Crippen LogP) is 3.86. The molecule has 1 aliphatic carbocycles. The molecule has 0 bridgehead atoms. The highest BCUT2D eigenvalue weighted by Crippen LogP contribution is 2.33. The Balaban J connectivity index is 2.15. The van der Waals surface area contributed by atoms with E-state index >= 15 is 0 Å². The maximum absolute atomic E-state index is 13.2. The normalized spacial score (nSPS) is 20.6. The van der Waals surface area contributed by atoms with E-state index in [9.17, 15) is 19.2 Å². The minimum Gasteiger partial charge on any atom is -0.467 e. The first-order valence-electron chi connectivity index (χ1n) is 12.1. The average Bonchev–Trinajstić information content (AvgIpc) is 2.81. The van der Waals surface area contributed by atoms with Gasteiger partial charge in [-0.05, 0) is 51.5 Å². The van der Waals surface area contributed by atoms with E-state index in [1.54, 1.807) is 34.6 Å². The summed E-state index contributed by atoms with van der Waals surface area (Å²) >= 11 is 0. The summed E-state index contributed by atoms with van der Waals surface area (Å²) in [4.78, 5) is 51.1. The van der Waals surface area contributed by atoms with E-state index in [-0.39, 0.29) is 18.9 Å². The molecule has 2 N–H and O–H groups in total. The number of carbonyl (C=O) groups is 4. The molecule has 1 saturated carbocycles. The van der Waals surface area contributed by atoms with Crippen molar-refractivity contribution in [2.24, 2.45) is 5.92 Å². The van der Waals surface area contributed by atoms with Gasteiger partial charge in [0, 0.05) is 0 Å². The van der Waals surface area contributed by atoms with Crippen LogP contribution < -0.4 is 10.6 Å². The van der Waals surface area contributed by atoms with E-state index in [4.69, 9.17) is 18.9 Å². The number of alkyl carbamates (subject to hydrolysis) is 2. The Morgan fingerprint density at radius 2 is 1.72 bits per heavy atom. The molecule has 200 valence electrons. The lowest BCUT2D eigenvalue weighted by Crippen LogP contribution is -2.65. The largest absolute Gasteiger partial charge is 0.467 e. The Morgan fingerprint density at radius 1 is 1.06 bits per heavy atom. The van der Waals surface area contributed by atoms with Crippen LogP contribution in [0.15, 0.2) is 30.3 Å². The second-order valence-electron chi connectivity index (χ2n) is 10.2. The molecule has 1 aliphatic rings. The van der Waals surface area contributed by atoms with Gasteiger partial charge in [-0.15, -0.1) is 0 Å². The maximum Gasteiger partial charge on any atom is 0.408 e. The van der Waals surface area contributed by atoms with Crippen molar-refractivity contribution in [2.45, 2.75) is 90.2 Å². The first-order valence-corrected chi connectivity index (χ1v) is 12.1. The van der Waals surface area contributed by atoms with Crippen molar-refractivity contribution in [3.63, 3.8) is 0 Å². The van der Waals surface area contributed by atoms with E-state index in [1.807, 2.05) is 30.3 Å². The number of hydrogen-bond donors (Lipinski definition) is 2. The van der Waals surface area contributed by atoms with Crippen molar-refractivity contribution >= 4 is 24.1 Å². The van der Waals surface area contributed by atoms with Gasteiger partial charge in [0.15, 0.2) is 5.54 Å². The van der Waals surface area contributed by atoms with Gasteiger partial charge in [0.25, 0.3) is 0 Å². The molecule has 0 spiro atoms. The molecule has 1 fully saturated rings. The zero-order valence-electron chi connectivity index (χ0n) is 21.9. The van der Waals surface area contributed by atoms with Gasteiger partial charge in [-0.3, -0.25) is 0 Å². The SMILES string of the molecule is COC(=O)[C@@]1(NC(=O)OC(C)(C)C)CCCC[C@@H]1OC(=O)[C@@H](NC(=O)OCc1ccccc1)C(C)C. The van der Waals surface area contributed by atoms with Crippen LogP contribution >= 0.6 is 0 Å². The fourth-order valence-corrected chi connectivity index (χ4v) is 4.00. The third kappa shape index (κ3) is 8.13. The van der Waals surface area contributed by atoms with Crippen molar-refractivity contribution in [3.8, 4) is 0 Å². The van der Waals surface area contributed by atoms with E-state index < -0.39 is 47.4 Å². The van der Waals surface area contributed by atoms with Crippen molar-refractivity contribution in [1.29, 1.82) is 0 Å². The van der Waals surface area contributed by atoms with Crippen molar-refractivity contribution in [3.05, 3.63) is 35.9 Å². The Hall–Kier alpha value is -3.30. The third-order valence-electron chi connectivity index (χ3n) is 5.78. The maximum atomic E-state index is 13.2. The number of amides is 2. The molecule has 1 aromatic rings. The molecule has 1 aromatic carbocycles. The summed E-state index contributed by atoms with van der Waals surface area (Å²) in [6, 6.07) is 8.10. The molecule has 2 rings (SSSR count). The fourth-order valence-electron chi connectivity index (χ4n) is 4.00. The standard InChI is InChI=1S/C26H38N2O8/c1-17(2)20(27-23(31)34-16-18-12-8-7-9-13-18)21(29)35-19-14-10-11-15-26(19,22(30)33-6)28-24(32)36-25(3,4)5/h7-9,12-13,17,19-20H,10-11,14-16H2,1-6H3,(H,27,31)(H,28,32)/t19-,20-,26+/m0/s1. The highest BCUT2D eigenvalue weighted by molar-refractivity contribution is 5.88. The first kappa shape index (κ1) is 28.9. The lowest BCUT2D eigenvalue weighted by molar-refractivity contribution is -0.170. The topological polar surface area (TPSA) is 129 Å². The van der Waals surface area contributed by atoms with Gasteiger partial charge in [-0.1, -0.05) is 50.6 Å². The van der Waals surface area contributed by atoms with Gasteiger partial charge in [-0.2, -0.15) is 0 Å². The summed E-state index contributed by atoms with van der Waals surface area (Å²) in [6.45, 7) is 8.64. The summed E-state index contributed by atoms with van der Waals surface area (Å²) in [7, 11) is 1.20. The van der Waals surface area contributed by atoms with Crippen LogP contribution in [0.25, 0.3) is 0 Å². The average molecular weight is 507 g/mol. The van der Waals surface area contributed by atoms with Crippen molar-refractivity contribution < 1.29 is 38.1 Å². The number of nitrogens with one attached hydrogen (secondary N) is 2. The molecular weight excluding hydrogens is 468 g/mol. The molecule has 10 heteroatoms. The Bertz CT molecular complexity index is 912. The molecule has 0 saturated heterocycles. The smallest absolute Gasteiger partial charge is 0.408 e. The van der Waals surface area contributed by atoms with Gasteiger partial charge >= 0.3 is 24.1 Å². The summed E-state index contributed by atoms with van der Waals surface area (Å²) < 4.78 is 21.3. The van der Waals surface area contributed by atoms with Crippen molar-refractivity contribution in [2.75, 3.05) is 7.11 Å². The van der Waals surface area contributed by atoms with Crippen LogP contribution in [0.4, 0.5) is 9.59 Å². The Labute approximate surface area is 212 Å². The van der Waals surface area contributed by atoms with Gasteiger partial charge in [0.2, 0.25) is 0 Å². The molecular formula is C26H38N2O8. The van der Waals surface area contributed by atoms with Crippen LogP contribution in [0.2, 0.25) is 0 Å². The molecule has 0 radical (unpaired) electrons. The van der Waals surface area contributed by atoms with Gasteiger partial charge < -0.3 is 29.6 Å². The minimum absolute atomic E-state index is 0.0421. The summed E-state index contributed by atoms with van der Waals surface area (Å²) in [5.41, 5.74) is -1.61. The number of benzene rings is 1. The number of rotatable bonds is 8. The number of carbonyl (C=O) groups excluding carboxylic acids is 4. The van der Waals surface area contributed by atoms with Crippen molar-refractivity contribution in [1.82, 2.24) is 10.6 Å². The van der Waals surface area contributed by atoms with Crippen LogP contribution in [0.5, 0.6) is 0 Å².